The number of hydrogen-bond donors (Lipinski definition) is 2. The molecule has 0 aliphatic rings. The fourth-order valence-electron chi connectivity index (χ4n) is 1.97. The maximum atomic E-state index is 12.6. The Morgan fingerprint density at radius 2 is 2.04 bits per heavy atom. The van der Waals surface area contributed by atoms with E-state index in [0.29, 0.717) is 30.0 Å². The van der Waals surface area contributed by atoms with Gasteiger partial charge in [-0.25, -0.2) is 9.97 Å². The minimum atomic E-state index is -4.43. The number of hydrogen-bond acceptors (Lipinski definition) is 5. The highest BCUT2D eigenvalue weighted by atomic mass is 127. The Kier molecular flexibility index (Phi) is 9.77. The third-order valence-corrected chi connectivity index (χ3v) is 4.06. The quantitative estimate of drug-likeness (QED) is 0.334. The van der Waals surface area contributed by atoms with Gasteiger partial charge in [0.1, 0.15) is 5.01 Å². The van der Waals surface area contributed by atoms with Crippen molar-refractivity contribution in [2.75, 3.05) is 13.7 Å². The molecule has 0 aliphatic heterocycles. The van der Waals surface area contributed by atoms with Crippen LogP contribution in [-0.2, 0) is 19.3 Å². The van der Waals surface area contributed by atoms with Crippen LogP contribution in [0.3, 0.4) is 0 Å². The normalized spacial score (nSPS) is 11.7. The highest BCUT2D eigenvalue weighted by molar-refractivity contribution is 14.0. The Hall–Kier alpha value is -1.63. The number of nitrogens with zero attached hydrogens (tertiary/aromatic N) is 3. The Labute approximate surface area is 176 Å². The zero-order valence-electron chi connectivity index (χ0n) is 14.8. The van der Waals surface area contributed by atoms with Gasteiger partial charge < -0.3 is 15.4 Å². The molecular formula is C16H21F3IN5OS. The second kappa shape index (κ2) is 11.3. The molecule has 0 aromatic carbocycles. The molecular weight excluding hydrogens is 494 g/mol. The number of aliphatic imine (C=N–C) groups is 1. The van der Waals surface area contributed by atoms with Crippen LogP contribution in [0.2, 0.25) is 0 Å². The lowest BCUT2D eigenvalue weighted by molar-refractivity contribution is -0.140. The summed E-state index contributed by atoms with van der Waals surface area (Å²) in [6.45, 7) is 3.14. The Balaban J connectivity index is 0.00000364. The van der Waals surface area contributed by atoms with Crippen molar-refractivity contribution in [1.82, 2.24) is 20.6 Å². The number of thiazole rings is 1. The molecule has 0 saturated heterocycles. The average molecular weight is 515 g/mol. The lowest BCUT2D eigenvalue weighted by atomic mass is 10.2. The lowest BCUT2D eigenvalue weighted by Crippen LogP contribution is -2.36. The zero-order chi connectivity index (χ0) is 19.0. The predicted molar refractivity (Wildman–Crippen MR) is 110 cm³/mol. The number of rotatable bonds is 7. The molecule has 0 unspecified atom stereocenters. The van der Waals surface area contributed by atoms with Crippen LogP contribution in [0.1, 0.15) is 29.6 Å². The highest BCUT2D eigenvalue weighted by Crippen LogP contribution is 2.29. The highest BCUT2D eigenvalue weighted by Gasteiger charge is 2.33. The summed E-state index contributed by atoms with van der Waals surface area (Å²) in [4.78, 5) is 11.8. The van der Waals surface area contributed by atoms with Crippen molar-refractivity contribution in [3.63, 3.8) is 0 Å². The second-order valence-corrected chi connectivity index (χ2v) is 6.16. The van der Waals surface area contributed by atoms with E-state index in [1.807, 2.05) is 13.0 Å². The molecule has 27 heavy (non-hydrogen) atoms. The van der Waals surface area contributed by atoms with E-state index < -0.39 is 11.9 Å². The number of guanidine groups is 1. The van der Waals surface area contributed by atoms with Crippen LogP contribution in [0.4, 0.5) is 13.2 Å². The van der Waals surface area contributed by atoms with E-state index in [2.05, 4.69) is 25.6 Å². The topological polar surface area (TPSA) is 71.4 Å². The van der Waals surface area contributed by atoms with E-state index >= 15 is 0 Å². The van der Waals surface area contributed by atoms with Crippen LogP contribution >= 0.6 is 35.3 Å². The van der Waals surface area contributed by atoms with Gasteiger partial charge in [-0.15, -0.1) is 35.3 Å². The molecule has 150 valence electrons. The zero-order valence-corrected chi connectivity index (χ0v) is 18.0. The summed E-state index contributed by atoms with van der Waals surface area (Å²) in [5, 5.41) is 7.35. The maximum absolute atomic E-state index is 12.6. The molecule has 0 radical (unpaired) electrons. The summed E-state index contributed by atoms with van der Waals surface area (Å²) in [6, 6.07) is 3.69. The van der Waals surface area contributed by atoms with Gasteiger partial charge in [0.05, 0.1) is 13.2 Å². The fourth-order valence-corrected chi connectivity index (χ4v) is 2.71. The minimum absolute atomic E-state index is 0. The standard InChI is InChI=1S/C16H20F3N5OS.HI/c1-3-7-25-14-11(5-4-6-21-14)8-22-15(20-2)23-9-13-24-12(10-26-13)16(17,18)19;/h4-6,10H,3,7-9H2,1-2H3,(H2,20,22,23);1H. The fraction of sp³-hybridized carbons (Fsp3) is 0.438. The first-order valence-electron chi connectivity index (χ1n) is 7.96. The second-order valence-electron chi connectivity index (χ2n) is 5.22. The molecule has 2 aromatic heterocycles. The first kappa shape index (κ1) is 23.4. The van der Waals surface area contributed by atoms with Crippen molar-refractivity contribution in [3.8, 4) is 5.88 Å². The molecule has 2 heterocycles. The Bertz CT molecular complexity index is 739. The minimum Gasteiger partial charge on any atom is -0.477 e. The van der Waals surface area contributed by atoms with Gasteiger partial charge in [0.25, 0.3) is 0 Å². The van der Waals surface area contributed by atoms with Gasteiger partial charge >= 0.3 is 6.18 Å². The summed E-state index contributed by atoms with van der Waals surface area (Å²) in [7, 11) is 1.58. The van der Waals surface area contributed by atoms with E-state index in [1.54, 1.807) is 19.3 Å². The molecule has 0 saturated carbocycles. The Morgan fingerprint density at radius 1 is 1.30 bits per heavy atom. The van der Waals surface area contributed by atoms with Crippen molar-refractivity contribution in [2.45, 2.75) is 32.6 Å². The van der Waals surface area contributed by atoms with Crippen LogP contribution in [-0.4, -0.2) is 29.6 Å². The molecule has 0 spiro atoms. The number of ether oxygens (including phenoxy) is 1. The SMILES string of the molecule is CCCOc1ncccc1CNC(=NC)NCc1nc(C(F)(F)F)cs1.I. The van der Waals surface area contributed by atoms with E-state index in [9.17, 15) is 13.2 Å². The molecule has 0 aliphatic carbocycles. The molecule has 11 heteroatoms. The molecule has 0 fully saturated rings. The molecule has 6 nitrogen and oxygen atoms in total. The van der Waals surface area contributed by atoms with Crippen molar-refractivity contribution in [3.05, 3.63) is 40.0 Å². The molecule has 2 rings (SSSR count). The van der Waals surface area contributed by atoms with Crippen LogP contribution in [0.15, 0.2) is 28.7 Å². The maximum Gasteiger partial charge on any atom is 0.434 e. The van der Waals surface area contributed by atoms with Crippen LogP contribution < -0.4 is 15.4 Å². The first-order chi connectivity index (χ1) is 12.4. The lowest BCUT2D eigenvalue weighted by Gasteiger charge is -2.13. The number of aromatic nitrogens is 2. The van der Waals surface area contributed by atoms with E-state index in [1.165, 1.54) is 0 Å². The number of alkyl halides is 3. The molecule has 0 atom stereocenters. The summed E-state index contributed by atoms with van der Waals surface area (Å²) < 4.78 is 43.3. The summed E-state index contributed by atoms with van der Waals surface area (Å²) in [5.74, 6) is 0.992. The van der Waals surface area contributed by atoms with E-state index in [4.69, 9.17) is 4.74 Å². The van der Waals surface area contributed by atoms with Crippen LogP contribution in [0.25, 0.3) is 0 Å². The Morgan fingerprint density at radius 3 is 2.67 bits per heavy atom. The van der Waals surface area contributed by atoms with Gasteiger partial charge in [-0.1, -0.05) is 13.0 Å². The van der Waals surface area contributed by atoms with Crippen LogP contribution in [0.5, 0.6) is 5.88 Å². The van der Waals surface area contributed by atoms with E-state index in [0.717, 1.165) is 28.7 Å². The number of nitrogens with one attached hydrogen (secondary N) is 2. The van der Waals surface area contributed by atoms with Crippen LogP contribution in [0, 0.1) is 0 Å². The third kappa shape index (κ3) is 7.48. The number of halogens is 4. The smallest absolute Gasteiger partial charge is 0.434 e. The molecule has 2 aromatic rings. The van der Waals surface area contributed by atoms with Gasteiger partial charge in [0.2, 0.25) is 5.88 Å². The molecule has 0 amide bonds. The van der Waals surface area contributed by atoms with Gasteiger partial charge in [-0.3, -0.25) is 4.99 Å². The van der Waals surface area contributed by atoms with Crippen molar-refractivity contribution >= 4 is 41.3 Å². The molecule has 0 bridgehead atoms. The number of pyridine rings is 1. The van der Waals surface area contributed by atoms with Gasteiger partial charge in [-0.2, -0.15) is 13.2 Å². The van der Waals surface area contributed by atoms with Crippen molar-refractivity contribution in [2.24, 2.45) is 4.99 Å². The summed E-state index contributed by atoms with van der Waals surface area (Å²) in [5.41, 5.74) is -0.0205. The first-order valence-corrected chi connectivity index (χ1v) is 8.84. The van der Waals surface area contributed by atoms with E-state index in [-0.39, 0.29) is 30.5 Å². The van der Waals surface area contributed by atoms with Gasteiger partial charge in [0, 0.05) is 30.7 Å². The van der Waals surface area contributed by atoms with Gasteiger partial charge in [-0.05, 0) is 12.5 Å². The largest absolute Gasteiger partial charge is 0.477 e. The third-order valence-electron chi connectivity index (χ3n) is 3.21. The summed E-state index contributed by atoms with van der Waals surface area (Å²) in [6.07, 6.45) is -1.90. The predicted octanol–water partition coefficient (Wildman–Crippen LogP) is 3.83. The van der Waals surface area contributed by atoms with Crippen molar-refractivity contribution in [1.29, 1.82) is 0 Å². The molecule has 2 N–H and O–H groups in total. The van der Waals surface area contributed by atoms with Crippen molar-refractivity contribution < 1.29 is 17.9 Å². The monoisotopic (exact) mass is 515 g/mol. The van der Waals surface area contributed by atoms with Gasteiger partial charge in [0.15, 0.2) is 11.7 Å². The summed E-state index contributed by atoms with van der Waals surface area (Å²) >= 11 is 0.949. The average Bonchev–Trinajstić information content (AvgIpc) is 3.10.